The fourth-order valence-electron chi connectivity index (χ4n) is 10.0. The topological polar surface area (TPSA) is 346 Å². The van der Waals surface area contributed by atoms with Gasteiger partial charge in [0.1, 0.15) is 48.8 Å². The molecule has 0 spiro atoms. The Balaban J connectivity index is 1.21. The van der Waals surface area contributed by atoms with Crippen molar-refractivity contribution in [1.29, 1.82) is 0 Å². The second-order valence-corrected chi connectivity index (χ2v) is 19.6. The van der Waals surface area contributed by atoms with E-state index in [1.54, 1.807) is 4.90 Å². The zero-order valence-corrected chi connectivity index (χ0v) is 39.8. The number of nitrogens with zero attached hydrogens (tertiary/aromatic N) is 4. The second-order valence-electron chi connectivity index (χ2n) is 19.6. The smallest absolute Gasteiger partial charge is 0.273 e. The molecule has 24 nitrogen and oxygen atoms in total. The molecule has 0 radical (unpaired) electrons. The first-order chi connectivity index (χ1) is 33.0. The van der Waals surface area contributed by atoms with Gasteiger partial charge >= 0.3 is 0 Å². The van der Waals surface area contributed by atoms with E-state index < -0.39 is 141 Å². The third kappa shape index (κ3) is 13.5. The molecular formula is C45H75N7O17. The Morgan fingerprint density at radius 2 is 1.55 bits per heavy atom. The molecule has 15 atom stereocenters. The molecule has 2 aliphatic carbocycles. The number of aliphatic hydroxyl groups excluding tert-OH is 8. The number of likely N-dealkylation sites (tertiary alicyclic amines) is 1. The largest absolute Gasteiger partial charge is 0.396 e. The van der Waals surface area contributed by atoms with Gasteiger partial charge < -0.3 is 85.4 Å². The van der Waals surface area contributed by atoms with Crippen molar-refractivity contribution in [3.63, 3.8) is 0 Å². The van der Waals surface area contributed by atoms with Gasteiger partial charge in [-0.05, 0) is 44.4 Å². The highest BCUT2D eigenvalue weighted by molar-refractivity contribution is 5.91. The number of aliphatic hydroxyl groups is 8. The molecule has 0 bridgehead atoms. The van der Waals surface area contributed by atoms with E-state index in [2.05, 4.69) is 26.3 Å². The van der Waals surface area contributed by atoms with Crippen molar-refractivity contribution < 1.29 is 83.7 Å². The number of aromatic nitrogens is 3. The summed E-state index contributed by atoms with van der Waals surface area (Å²) >= 11 is 0. The molecule has 1 aromatic rings. The lowest BCUT2D eigenvalue weighted by Gasteiger charge is -2.49. The van der Waals surface area contributed by atoms with Gasteiger partial charge in [0.25, 0.3) is 11.8 Å². The van der Waals surface area contributed by atoms with E-state index in [1.807, 2.05) is 6.92 Å². The Labute approximate surface area is 401 Å². The van der Waals surface area contributed by atoms with Crippen LogP contribution in [0.25, 0.3) is 0 Å². The lowest BCUT2D eigenvalue weighted by atomic mass is 9.75. The second kappa shape index (κ2) is 25.2. The van der Waals surface area contributed by atoms with Gasteiger partial charge in [-0.1, -0.05) is 50.7 Å². The molecule has 1 aromatic heterocycles. The summed E-state index contributed by atoms with van der Waals surface area (Å²) in [7, 11) is 0. The van der Waals surface area contributed by atoms with Gasteiger partial charge in [-0.25, -0.2) is 0 Å². The van der Waals surface area contributed by atoms with E-state index in [0.29, 0.717) is 25.9 Å². The Hall–Kier alpha value is -3.50. The third-order valence-electron chi connectivity index (χ3n) is 14.5. The lowest BCUT2D eigenvalue weighted by Crippen LogP contribution is -2.67. The maximum Gasteiger partial charge on any atom is 0.273 e. The standard InChI is InChI=1S/C45H75N7O17/c1-4-27-16-28(40(62)46-11-12-47-41(63)29-18-52(50-49-29)20-45(21-54,22-55)23-56)17-30(38(27)69-44-37(61)36(60)34(58)24(2)65-44)67-43-33(48-25(3)57)39(35(59)32(19-53)68-43)66-31(42(64)51-13-8-14-51)15-26-9-6-5-7-10-26/h18,24,26-28,30-39,43-44,53-56,58-61H,4-17,19-23H2,1-3H3,(H,46,62)(H,47,63)(H,48,57)/t24?,27?,28?,30-,31+,32?,33?,34-,35+,36?,37?,38?,39?,43-,44+/m1/s1. The Bertz CT molecular complexity index is 1810. The number of hydrogen-bond donors (Lipinski definition) is 11. The fourth-order valence-corrected chi connectivity index (χ4v) is 10.0. The van der Waals surface area contributed by atoms with Gasteiger partial charge in [-0.15, -0.1) is 5.10 Å². The predicted molar refractivity (Wildman–Crippen MR) is 238 cm³/mol. The summed E-state index contributed by atoms with van der Waals surface area (Å²) in [5.74, 6) is -2.81. The number of carbonyl (C=O) groups excluding carboxylic acids is 4. The SMILES string of the molecule is CCC1CC(C(=O)NCCNC(=O)c2cn(CC(CO)(CO)CO)nn2)C[C@@H](O[C@@H]2OC(CO)[C@H](O)C(O[C@@H](CC3CCCCC3)C(=O)N3CCC3)C2NC(C)=O)C1O[C@@H]1OC(C)[C@@H](O)C(O)C1O. The third-order valence-corrected chi connectivity index (χ3v) is 14.5. The molecule has 5 aliphatic rings. The van der Waals surface area contributed by atoms with Gasteiger partial charge in [0.15, 0.2) is 18.3 Å². The van der Waals surface area contributed by atoms with Crippen LogP contribution in [-0.4, -0.2) is 217 Å². The van der Waals surface area contributed by atoms with Crippen molar-refractivity contribution in [2.45, 2.75) is 171 Å². The van der Waals surface area contributed by atoms with E-state index in [1.165, 1.54) is 24.7 Å². The molecule has 11 N–H and O–H groups in total. The Morgan fingerprint density at radius 3 is 2.17 bits per heavy atom. The van der Waals surface area contributed by atoms with Gasteiger partial charge in [-0.3, -0.25) is 23.9 Å². The molecule has 2 saturated carbocycles. The molecule has 6 rings (SSSR count). The van der Waals surface area contributed by atoms with Gasteiger partial charge in [0, 0.05) is 39.0 Å². The maximum absolute atomic E-state index is 14.0. The zero-order chi connectivity index (χ0) is 50.0. The van der Waals surface area contributed by atoms with Crippen LogP contribution in [0.5, 0.6) is 0 Å². The summed E-state index contributed by atoms with van der Waals surface area (Å²) in [6.07, 6.45) is -7.62. The van der Waals surface area contributed by atoms with Crippen LogP contribution in [-0.2, 0) is 44.6 Å². The van der Waals surface area contributed by atoms with Crippen LogP contribution in [0, 0.1) is 23.2 Å². The number of ether oxygens (including phenoxy) is 5. The first-order valence-electron chi connectivity index (χ1n) is 24.5. The first kappa shape index (κ1) is 54.8. The van der Waals surface area contributed by atoms with Crippen molar-refractivity contribution in [1.82, 2.24) is 35.8 Å². The summed E-state index contributed by atoms with van der Waals surface area (Å²) < 4.78 is 33.1. The van der Waals surface area contributed by atoms with E-state index in [9.17, 15) is 60.0 Å². The van der Waals surface area contributed by atoms with E-state index in [-0.39, 0.29) is 50.0 Å². The molecule has 69 heavy (non-hydrogen) atoms. The van der Waals surface area contributed by atoms with Crippen LogP contribution in [0.1, 0.15) is 95.5 Å². The highest BCUT2D eigenvalue weighted by atomic mass is 16.7. The Kier molecular flexibility index (Phi) is 20.1. The van der Waals surface area contributed by atoms with Crippen LogP contribution >= 0.6 is 0 Å². The summed E-state index contributed by atoms with van der Waals surface area (Å²) in [5.41, 5.74) is -1.36. The monoisotopic (exact) mass is 986 g/mol. The van der Waals surface area contributed by atoms with Crippen LogP contribution in [0.3, 0.4) is 0 Å². The van der Waals surface area contributed by atoms with E-state index in [4.69, 9.17) is 23.7 Å². The van der Waals surface area contributed by atoms with Crippen molar-refractivity contribution in [2.24, 2.45) is 23.2 Å². The Morgan fingerprint density at radius 1 is 0.855 bits per heavy atom. The van der Waals surface area contributed by atoms with Crippen LogP contribution < -0.4 is 16.0 Å². The minimum atomic E-state index is -1.68. The molecule has 9 unspecified atom stereocenters. The van der Waals surface area contributed by atoms with Crippen molar-refractivity contribution >= 4 is 23.6 Å². The normalized spacial score (nSPS) is 33.8. The van der Waals surface area contributed by atoms with Crippen molar-refractivity contribution in [3.8, 4) is 0 Å². The average molecular weight is 986 g/mol. The highest BCUT2D eigenvalue weighted by Crippen LogP contribution is 2.40. The fraction of sp³-hybridized carbons (Fsp3) is 0.867. The number of nitrogens with one attached hydrogen (secondary N) is 3. The predicted octanol–water partition coefficient (Wildman–Crippen LogP) is -3.34. The summed E-state index contributed by atoms with van der Waals surface area (Å²) in [5, 5.41) is 99.5. The summed E-state index contributed by atoms with van der Waals surface area (Å²) in [4.78, 5) is 55.5. The van der Waals surface area contributed by atoms with Gasteiger partial charge in [0.05, 0.1) is 62.9 Å². The number of carbonyl (C=O) groups is 4. The van der Waals surface area contributed by atoms with Crippen molar-refractivity contribution in [3.05, 3.63) is 11.9 Å². The van der Waals surface area contributed by atoms with Crippen LogP contribution in [0.15, 0.2) is 6.20 Å². The molecule has 4 heterocycles. The summed E-state index contributed by atoms with van der Waals surface area (Å²) in [6, 6.07) is -1.26. The van der Waals surface area contributed by atoms with Crippen LogP contribution in [0.2, 0.25) is 0 Å². The van der Waals surface area contributed by atoms with Crippen molar-refractivity contribution in [2.75, 3.05) is 52.6 Å². The number of hydrogen-bond acceptors (Lipinski definition) is 19. The average Bonchev–Trinajstić information content (AvgIpc) is 3.80. The molecular weight excluding hydrogens is 911 g/mol. The molecule has 24 heteroatoms. The molecule has 3 aliphatic heterocycles. The molecule has 0 aromatic carbocycles. The van der Waals surface area contributed by atoms with E-state index >= 15 is 0 Å². The van der Waals surface area contributed by atoms with Crippen LogP contribution in [0.4, 0.5) is 0 Å². The molecule has 392 valence electrons. The summed E-state index contributed by atoms with van der Waals surface area (Å²) in [6.45, 7) is 3.33. The highest BCUT2D eigenvalue weighted by Gasteiger charge is 2.53. The zero-order valence-electron chi connectivity index (χ0n) is 39.8. The maximum atomic E-state index is 14.0. The molecule has 5 fully saturated rings. The minimum Gasteiger partial charge on any atom is -0.396 e. The van der Waals surface area contributed by atoms with Gasteiger partial charge in [0.2, 0.25) is 11.8 Å². The molecule has 3 saturated heterocycles. The number of rotatable bonds is 22. The quantitative estimate of drug-likeness (QED) is 0.0506. The lowest BCUT2D eigenvalue weighted by molar-refractivity contribution is -0.338. The van der Waals surface area contributed by atoms with Gasteiger partial charge in [-0.2, -0.15) is 0 Å². The number of amides is 4. The van der Waals surface area contributed by atoms with E-state index in [0.717, 1.165) is 38.5 Å². The molecule has 4 amide bonds. The first-order valence-corrected chi connectivity index (χ1v) is 24.5. The minimum absolute atomic E-state index is 0.0100.